The molecule has 0 N–H and O–H groups in total. The first-order valence-corrected chi connectivity index (χ1v) is 18.0. The summed E-state index contributed by atoms with van der Waals surface area (Å²) < 4.78 is 0. The van der Waals surface area contributed by atoms with Crippen molar-refractivity contribution in [3.05, 3.63) is 215 Å². The van der Waals surface area contributed by atoms with Crippen LogP contribution in [0.5, 0.6) is 0 Å². The maximum absolute atomic E-state index is 3.95. The Labute approximate surface area is 300 Å². The zero-order valence-corrected chi connectivity index (χ0v) is 29.0. The number of nitrogens with zero attached hydrogens (tertiary/aromatic N) is 2. The van der Waals surface area contributed by atoms with Crippen LogP contribution in [0, 0.1) is 11.8 Å². The summed E-state index contributed by atoms with van der Waals surface area (Å²) in [6, 6.07) is 65.4. The summed E-state index contributed by atoms with van der Waals surface area (Å²) in [6.07, 6.45) is 3.87. The van der Waals surface area contributed by atoms with Gasteiger partial charge in [0.15, 0.2) is 0 Å². The van der Waals surface area contributed by atoms with Crippen molar-refractivity contribution in [2.45, 2.75) is 63.9 Å². The number of hydrogen-bond donors (Lipinski definition) is 0. The molecule has 0 spiro atoms. The average Bonchev–Trinajstić information content (AvgIpc) is 3.18. The Balaban J connectivity index is 1.37. The van der Waals surface area contributed by atoms with Crippen molar-refractivity contribution in [3.8, 4) is 11.8 Å². The third kappa shape index (κ3) is 11.2. The lowest BCUT2D eigenvalue weighted by atomic mass is 10.00. The van der Waals surface area contributed by atoms with Gasteiger partial charge in [0.25, 0.3) is 0 Å². The monoisotopic (exact) mass is 652 g/mol. The van der Waals surface area contributed by atoms with Crippen molar-refractivity contribution in [1.29, 1.82) is 0 Å². The van der Waals surface area contributed by atoms with Crippen LogP contribution in [0.3, 0.4) is 0 Å². The Morgan fingerprint density at radius 2 is 0.520 bits per heavy atom. The molecule has 50 heavy (non-hydrogen) atoms. The van der Waals surface area contributed by atoms with E-state index in [1.165, 1.54) is 33.4 Å². The van der Waals surface area contributed by atoms with Crippen molar-refractivity contribution in [2.75, 3.05) is 0 Å². The Morgan fingerprint density at radius 3 is 0.760 bits per heavy atom. The van der Waals surface area contributed by atoms with Gasteiger partial charge in [0.05, 0.1) is 12.1 Å². The molecule has 0 aliphatic carbocycles. The van der Waals surface area contributed by atoms with E-state index in [0.29, 0.717) is 0 Å². The molecule has 0 aliphatic rings. The Bertz CT molecular complexity index is 1630. The Kier molecular flexibility index (Phi) is 13.2. The van der Waals surface area contributed by atoms with Gasteiger partial charge in [0, 0.05) is 26.2 Å². The molecule has 2 nitrogen and oxygen atoms in total. The summed E-state index contributed by atoms with van der Waals surface area (Å²) in [5.41, 5.74) is 7.95. The highest BCUT2D eigenvalue weighted by Crippen LogP contribution is 2.21. The summed E-state index contributed by atoms with van der Waals surface area (Å²) in [5, 5.41) is 0. The molecule has 0 heterocycles. The number of hydrogen-bond acceptors (Lipinski definition) is 2. The highest BCUT2D eigenvalue weighted by molar-refractivity contribution is 5.25. The molecule has 0 saturated heterocycles. The fourth-order valence-corrected chi connectivity index (χ4v) is 6.60. The molecule has 0 saturated carbocycles. The summed E-state index contributed by atoms with van der Waals surface area (Å²) in [6.45, 7) is 3.37. The van der Waals surface area contributed by atoms with Crippen LogP contribution in [0.15, 0.2) is 182 Å². The van der Waals surface area contributed by atoms with Crippen LogP contribution >= 0.6 is 0 Å². The number of rotatable bonds is 16. The van der Waals surface area contributed by atoms with Crippen molar-refractivity contribution >= 4 is 0 Å². The highest BCUT2D eigenvalue weighted by Gasteiger charge is 2.21. The fourth-order valence-electron chi connectivity index (χ4n) is 6.60. The van der Waals surface area contributed by atoms with E-state index in [1.807, 2.05) is 0 Å². The minimum atomic E-state index is 0.0742. The first-order valence-electron chi connectivity index (χ1n) is 18.0. The molecule has 250 valence electrons. The minimum Gasteiger partial charge on any atom is -0.281 e. The lowest BCUT2D eigenvalue weighted by Gasteiger charge is -2.31. The van der Waals surface area contributed by atoms with Gasteiger partial charge in [-0.05, 0) is 59.1 Å². The molecule has 6 aromatic rings. The molecule has 0 amide bonds. The van der Waals surface area contributed by atoms with Gasteiger partial charge in [-0.1, -0.05) is 194 Å². The third-order valence-electron chi connectivity index (χ3n) is 9.31. The summed E-state index contributed by atoms with van der Waals surface area (Å²) in [5.74, 6) is 7.91. The zero-order chi connectivity index (χ0) is 34.1. The second-order valence-corrected chi connectivity index (χ2v) is 13.1. The van der Waals surface area contributed by atoms with E-state index in [0.717, 1.165) is 51.9 Å². The normalized spacial score (nSPS) is 12.3. The minimum absolute atomic E-state index is 0.0742. The molecule has 6 aromatic carbocycles. The molecule has 6 rings (SSSR count). The van der Waals surface area contributed by atoms with E-state index in [1.54, 1.807) is 0 Å². The van der Waals surface area contributed by atoms with Crippen LogP contribution in [-0.4, -0.2) is 21.9 Å². The van der Waals surface area contributed by atoms with Crippen LogP contribution in [0.25, 0.3) is 0 Å². The predicted molar refractivity (Wildman–Crippen MR) is 209 cm³/mol. The van der Waals surface area contributed by atoms with Gasteiger partial charge in [-0.25, -0.2) is 0 Å². The third-order valence-corrected chi connectivity index (χ3v) is 9.31. The van der Waals surface area contributed by atoms with Crippen LogP contribution in [0.1, 0.15) is 46.2 Å². The van der Waals surface area contributed by atoms with Crippen LogP contribution in [-0.2, 0) is 39.0 Å². The van der Waals surface area contributed by atoms with Crippen LogP contribution < -0.4 is 0 Å². The van der Waals surface area contributed by atoms with E-state index >= 15 is 0 Å². The molecule has 2 atom stereocenters. The predicted octanol–water partition coefficient (Wildman–Crippen LogP) is 10.4. The first kappa shape index (κ1) is 34.7. The molecular formula is C48H48N2. The second-order valence-electron chi connectivity index (χ2n) is 13.1. The quantitative estimate of drug-likeness (QED) is 0.0960. The average molecular weight is 653 g/mol. The fraction of sp³-hybridized carbons (Fsp3) is 0.208. The summed E-state index contributed by atoms with van der Waals surface area (Å²) >= 11 is 0. The molecule has 0 fully saturated rings. The van der Waals surface area contributed by atoms with E-state index in [9.17, 15) is 0 Å². The standard InChI is InChI=1S/C48H48N2/c1-7-19-41(20-8-1)31-33-47(49(37-43-23-11-3-12-24-43)38-44-25-13-4-14-26-44)35-36-48(34-32-42-21-9-2-10-22-42)50(39-45-27-15-5-16-28-45)40-46-29-17-6-18-30-46/h1-30,47-48H,31-34,37-40H2. The molecule has 0 radical (unpaired) electrons. The Hall–Kier alpha value is -5.20. The topological polar surface area (TPSA) is 6.48 Å². The molecule has 2 unspecified atom stereocenters. The van der Waals surface area contributed by atoms with Gasteiger partial charge in [-0.2, -0.15) is 0 Å². The Morgan fingerprint density at radius 1 is 0.300 bits per heavy atom. The first-order chi connectivity index (χ1) is 24.8. The number of benzene rings is 6. The molecule has 2 heteroatoms. The van der Waals surface area contributed by atoms with E-state index in [2.05, 4.69) is 204 Å². The van der Waals surface area contributed by atoms with Gasteiger partial charge in [-0.15, -0.1) is 0 Å². The van der Waals surface area contributed by atoms with Crippen molar-refractivity contribution in [3.63, 3.8) is 0 Å². The summed E-state index contributed by atoms with van der Waals surface area (Å²) in [4.78, 5) is 5.18. The van der Waals surface area contributed by atoms with Gasteiger partial charge in [0.2, 0.25) is 0 Å². The zero-order valence-electron chi connectivity index (χ0n) is 29.0. The van der Waals surface area contributed by atoms with E-state index in [-0.39, 0.29) is 12.1 Å². The smallest absolute Gasteiger partial charge is 0.0724 e. The van der Waals surface area contributed by atoms with Crippen molar-refractivity contribution in [1.82, 2.24) is 9.80 Å². The second kappa shape index (κ2) is 19.1. The highest BCUT2D eigenvalue weighted by atomic mass is 15.2. The van der Waals surface area contributed by atoms with Crippen LogP contribution in [0.4, 0.5) is 0 Å². The van der Waals surface area contributed by atoms with E-state index < -0.39 is 0 Å². The van der Waals surface area contributed by atoms with Crippen molar-refractivity contribution < 1.29 is 0 Å². The lowest BCUT2D eigenvalue weighted by Crippen LogP contribution is -2.36. The van der Waals surface area contributed by atoms with Gasteiger partial charge in [0.1, 0.15) is 0 Å². The van der Waals surface area contributed by atoms with Crippen LogP contribution in [0.2, 0.25) is 0 Å². The summed E-state index contributed by atoms with van der Waals surface area (Å²) in [7, 11) is 0. The lowest BCUT2D eigenvalue weighted by molar-refractivity contribution is 0.201. The van der Waals surface area contributed by atoms with Gasteiger partial charge in [-0.3, -0.25) is 9.80 Å². The molecular weight excluding hydrogens is 605 g/mol. The molecule has 0 bridgehead atoms. The van der Waals surface area contributed by atoms with Crippen molar-refractivity contribution in [2.24, 2.45) is 0 Å². The molecule has 0 aromatic heterocycles. The maximum atomic E-state index is 3.95. The number of aryl methyl sites for hydroxylation is 2. The SMILES string of the molecule is C(#CC(CCc1ccccc1)N(Cc1ccccc1)Cc1ccccc1)C(CCc1ccccc1)N(Cc1ccccc1)Cc1ccccc1. The maximum Gasteiger partial charge on any atom is 0.0724 e. The largest absolute Gasteiger partial charge is 0.281 e. The molecule has 0 aliphatic heterocycles. The van der Waals surface area contributed by atoms with Gasteiger partial charge < -0.3 is 0 Å². The van der Waals surface area contributed by atoms with Gasteiger partial charge >= 0.3 is 0 Å². The van der Waals surface area contributed by atoms with E-state index in [4.69, 9.17) is 0 Å².